The van der Waals surface area contributed by atoms with Crippen molar-refractivity contribution in [3.05, 3.63) is 84.8 Å². The fraction of sp³-hybridized carbons (Fsp3) is 0.400. The van der Waals surface area contributed by atoms with Crippen LogP contribution in [0.2, 0.25) is 0 Å². The summed E-state index contributed by atoms with van der Waals surface area (Å²) >= 11 is 0. The average Bonchev–Trinajstić information content (AvgIpc) is 3.20. The molecule has 2 aromatic carbocycles. The van der Waals surface area contributed by atoms with Crippen LogP contribution in [-0.4, -0.2) is 90.8 Å². The standard InChI is InChI=1S/C39H45F3N9O6.CH3.K/c1-44-34(54)17-16-29(23-52)51(2)37(56)30-8-5-9-32(31(30)24-53)45-18-6-11-35(55)49-28-14-12-25(13-15-28)20-46-36-27(19-43)22-48-38(50-36)47-21-26-7-3-4-10-33(26)57-39(40,41)42;;/h3-5,7-10,14,22-25,28-29,45H,6,11-13,15-18,20-21H2,1-2H3,(H,44,54)(H,49,55)(H2,46,47,48,50);1H3;/q2*-1;+1. The molecule has 3 amide bonds. The van der Waals surface area contributed by atoms with Gasteiger partial charge in [-0.25, -0.2) is 4.98 Å². The monoisotopic (exact) mass is 846 g/mol. The van der Waals surface area contributed by atoms with Gasteiger partial charge in [0.1, 0.15) is 29.5 Å². The molecule has 1 fully saturated rings. The maximum absolute atomic E-state index is 13.2. The molecule has 1 heterocycles. The zero-order valence-corrected chi connectivity index (χ0v) is 36.6. The summed E-state index contributed by atoms with van der Waals surface area (Å²) in [6, 6.07) is 11.5. The van der Waals surface area contributed by atoms with Crippen LogP contribution in [0.4, 0.5) is 30.6 Å². The van der Waals surface area contributed by atoms with Crippen LogP contribution in [0.3, 0.4) is 0 Å². The van der Waals surface area contributed by atoms with Crippen LogP contribution >= 0.6 is 0 Å². The van der Waals surface area contributed by atoms with Crippen LogP contribution in [0, 0.1) is 31.1 Å². The number of ether oxygens (including phenoxy) is 1. The number of nitrogens with zero attached hydrogens (tertiary/aromatic N) is 4. The van der Waals surface area contributed by atoms with Gasteiger partial charge in [0, 0.05) is 57.8 Å². The Labute approximate surface area is 384 Å². The van der Waals surface area contributed by atoms with E-state index >= 15 is 0 Å². The Morgan fingerprint density at radius 2 is 1.83 bits per heavy atom. The molecule has 0 spiro atoms. The van der Waals surface area contributed by atoms with Crippen molar-refractivity contribution in [1.29, 1.82) is 5.26 Å². The number of benzene rings is 2. The third-order valence-corrected chi connectivity index (χ3v) is 9.36. The van der Waals surface area contributed by atoms with Gasteiger partial charge in [0.15, 0.2) is 6.29 Å². The summed E-state index contributed by atoms with van der Waals surface area (Å²) in [7, 11) is 2.92. The quantitative estimate of drug-likeness (QED) is 0.0480. The molecule has 15 nitrogen and oxygen atoms in total. The summed E-state index contributed by atoms with van der Waals surface area (Å²) in [5.41, 5.74) is 1.08. The number of carbonyl (C=O) groups excluding carboxylic acids is 5. The van der Waals surface area contributed by atoms with Gasteiger partial charge in [0.2, 0.25) is 17.8 Å². The summed E-state index contributed by atoms with van der Waals surface area (Å²) in [5.74, 6) is -0.705. The van der Waals surface area contributed by atoms with Crippen LogP contribution < -0.4 is 82.7 Å². The van der Waals surface area contributed by atoms with Crippen LogP contribution in [0.1, 0.15) is 76.8 Å². The first-order valence-electron chi connectivity index (χ1n) is 18.3. The number of alkyl halides is 3. The minimum Gasteiger partial charge on any atom is -0.405 e. The SMILES string of the molecule is CNC(=O)CCC(C=O)N(C)C(=O)c1cccc(NCCCC(=O)NC2[CH-]CC(CNc3nc(NCc4ccccc4OC(F)(F)F)ncc3C#N)CC2)c1C=O.[CH3-].[K+]. The minimum absolute atomic E-state index is 0. The van der Waals surface area contributed by atoms with Crippen molar-refractivity contribution in [1.82, 2.24) is 25.5 Å². The first-order valence-corrected chi connectivity index (χ1v) is 18.3. The summed E-state index contributed by atoms with van der Waals surface area (Å²) in [6.07, 6.45) is 2.69. The van der Waals surface area contributed by atoms with E-state index in [9.17, 15) is 42.4 Å². The zero-order valence-electron chi connectivity index (χ0n) is 33.5. The molecule has 3 atom stereocenters. The van der Waals surface area contributed by atoms with Gasteiger partial charge >= 0.3 is 57.7 Å². The van der Waals surface area contributed by atoms with Crippen molar-refractivity contribution in [2.45, 2.75) is 69.9 Å². The second-order valence-corrected chi connectivity index (χ2v) is 13.3. The molecule has 1 saturated carbocycles. The topological polar surface area (TPSA) is 208 Å². The molecule has 4 rings (SSSR count). The Hall–Kier alpha value is -4.61. The summed E-state index contributed by atoms with van der Waals surface area (Å²) in [5, 5.41) is 24.3. The van der Waals surface area contributed by atoms with E-state index in [0.717, 1.165) is 6.42 Å². The average molecular weight is 847 g/mol. The number of carbonyl (C=O) groups is 5. The molecule has 19 heteroatoms. The Kier molecular flexibility index (Phi) is 21.5. The maximum Gasteiger partial charge on any atom is 1.00 e. The molecule has 1 aromatic heterocycles. The van der Waals surface area contributed by atoms with Gasteiger partial charge in [0.25, 0.3) is 5.91 Å². The van der Waals surface area contributed by atoms with Crippen LogP contribution in [0.5, 0.6) is 5.75 Å². The van der Waals surface area contributed by atoms with Gasteiger partial charge in [-0.2, -0.15) is 16.7 Å². The molecule has 312 valence electrons. The molecular formula is C40H48F3KN9O6-. The van der Waals surface area contributed by atoms with Crippen molar-refractivity contribution in [3.63, 3.8) is 0 Å². The number of nitriles is 1. The molecule has 5 N–H and O–H groups in total. The molecule has 0 radical (unpaired) electrons. The molecule has 59 heavy (non-hydrogen) atoms. The largest absolute Gasteiger partial charge is 1.00 e. The van der Waals surface area contributed by atoms with Crippen LogP contribution in [0.15, 0.2) is 48.7 Å². The van der Waals surface area contributed by atoms with Crippen molar-refractivity contribution in [3.8, 4) is 11.8 Å². The molecular weight excluding hydrogens is 799 g/mol. The number of nitrogens with one attached hydrogen (secondary N) is 5. The Bertz CT molecular complexity index is 1920. The Balaban J connectivity index is 0.00000600. The molecule has 3 unspecified atom stereocenters. The van der Waals surface area contributed by atoms with Crippen molar-refractivity contribution < 1.29 is 93.3 Å². The number of halogens is 3. The molecule has 1 aliphatic carbocycles. The van der Waals surface area contributed by atoms with Gasteiger partial charge in [-0.3, -0.25) is 19.2 Å². The molecule has 1 aliphatic rings. The van der Waals surface area contributed by atoms with Gasteiger partial charge in [-0.1, -0.05) is 49.1 Å². The van der Waals surface area contributed by atoms with E-state index in [1.165, 1.54) is 49.5 Å². The summed E-state index contributed by atoms with van der Waals surface area (Å²) in [4.78, 5) is 71.0. The summed E-state index contributed by atoms with van der Waals surface area (Å²) in [6.45, 7) is 0.776. The van der Waals surface area contributed by atoms with Gasteiger partial charge in [-0.15, -0.1) is 13.2 Å². The predicted octanol–water partition coefficient (Wildman–Crippen LogP) is 2.08. The van der Waals surface area contributed by atoms with Crippen molar-refractivity contribution in [2.24, 2.45) is 5.92 Å². The van der Waals surface area contributed by atoms with E-state index in [1.807, 2.05) is 12.5 Å². The molecule has 0 bridgehead atoms. The second-order valence-electron chi connectivity index (χ2n) is 13.3. The number of hydrogen-bond acceptors (Lipinski definition) is 12. The number of aldehydes is 2. The van der Waals surface area contributed by atoms with E-state index in [4.69, 9.17) is 0 Å². The number of likely N-dealkylation sites (N-methyl/N-ethyl adjacent to an activating group) is 1. The predicted molar refractivity (Wildman–Crippen MR) is 210 cm³/mol. The van der Waals surface area contributed by atoms with Gasteiger partial charge in [-0.05, 0) is 31.0 Å². The zero-order chi connectivity index (χ0) is 41.4. The smallest absolute Gasteiger partial charge is 0.405 e. The first kappa shape index (κ1) is 50.5. The number of rotatable bonds is 20. The summed E-state index contributed by atoms with van der Waals surface area (Å²) < 4.78 is 42.5. The van der Waals surface area contributed by atoms with E-state index in [2.05, 4.69) is 41.3 Å². The molecule has 0 aliphatic heterocycles. The fourth-order valence-corrected chi connectivity index (χ4v) is 6.18. The normalized spacial score (nSPS) is 15.1. The van der Waals surface area contributed by atoms with E-state index < -0.39 is 18.3 Å². The number of hydrogen-bond donors (Lipinski definition) is 5. The van der Waals surface area contributed by atoms with Crippen LogP contribution in [0.25, 0.3) is 0 Å². The maximum atomic E-state index is 13.2. The van der Waals surface area contributed by atoms with Crippen LogP contribution in [-0.2, 0) is 20.9 Å². The third-order valence-electron chi connectivity index (χ3n) is 9.36. The third kappa shape index (κ3) is 15.8. The second kappa shape index (κ2) is 25.1. The minimum atomic E-state index is -4.84. The fourth-order valence-electron chi connectivity index (χ4n) is 6.18. The van der Waals surface area contributed by atoms with Crippen molar-refractivity contribution in [2.75, 3.05) is 43.1 Å². The molecule has 0 saturated heterocycles. The Morgan fingerprint density at radius 1 is 1.07 bits per heavy atom. The van der Waals surface area contributed by atoms with Gasteiger partial charge < -0.3 is 54.9 Å². The van der Waals surface area contributed by atoms with E-state index in [0.29, 0.717) is 50.6 Å². The number of anilines is 3. The Morgan fingerprint density at radius 3 is 2.49 bits per heavy atom. The van der Waals surface area contributed by atoms with Gasteiger partial charge in [0.05, 0.1) is 23.4 Å². The number of amides is 3. The van der Waals surface area contributed by atoms with Crippen molar-refractivity contribution >= 4 is 47.7 Å². The van der Waals surface area contributed by atoms with E-state index in [-0.39, 0.29) is 148 Å². The number of aromatic nitrogens is 2. The molecule has 3 aromatic rings. The first-order chi connectivity index (χ1) is 27.3. The van der Waals surface area contributed by atoms with E-state index in [1.54, 1.807) is 18.2 Å². The number of para-hydroxylation sites is 1.